The largest absolute Gasteiger partial charge is 0.356 e. The van der Waals surface area contributed by atoms with Crippen molar-refractivity contribution in [2.45, 2.75) is 45.1 Å². The predicted octanol–water partition coefficient (Wildman–Crippen LogP) is 3.11. The number of aromatic amines is 1. The molecule has 0 saturated heterocycles. The van der Waals surface area contributed by atoms with Gasteiger partial charge in [0.2, 0.25) is 0 Å². The highest BCUT2D eigenvalue weighted by Gasteiger charge is 2.14. The Morgan fingerprint density at radius 2 is 2.16 bits per heavy atom. The van der Waals surface area contributed by atoms with Crippen LogP contribution in [0.3, 0.4) is 0 Å². The number of hydrogen-bond donors (Lipinski definition) is 3. The normalized spacial score (nSPS) is 15.5. The van der Waals surface area contributed by atoms with Gasteiger partial charge in [-0.25, -0.2) is 4.98 Å². The van der Waals surface area contributed by atoms with Crippen LogP contribution in [-0.2, 0) is 6.54 Å². The molecule has 3 rings (SSSR count). The number of aliphatic imine (C=N–C) groups is 1. The van der Waals surface area contributed by atoms with Crippen LogP contribution < -0.4 is 10.6 Å². The number of H-pyrrole nitrogens is 1. The summed E-state index contributed by atoms with van der Waals surface area (Å²) >= 11 is 0. The average Bonchev–Trinajstić information content (AvgIpc) is 3.35. The molecule has 1 aliphatic rings. The molecule has 25 heavy (non-hydrogen) atoms. The van der Waals surface area contributed by atoms with E-state index in [1.807, 2.05) is 19.2 Å². The zero-order valence-electron chi connectivity index (χ0n) is 15.0. The Kier molecular flexibility index (Phi) is 6.42. The summed E-state index contributed by atoms with van der Waals surface area (Å²) in [4.78, 5) is 8.51. The van der Waals surface area contributed by atoms with E-state index in [1.165, 1.54) is 50.4 Å². The number of benzene rings is 1. The summed E-state index contributed by atoms with van der Waals surface area (Å²) in [5.74, 6) is 2.60. The molecule has 2 aromatic rings. The van der Waals surface area contributed by atoms with E-state index in [4.69, 9.17) is 0 Å². The second-order valence-corrected chi connectivity index (χ2v) is 6.68. The molecule has 0 radical (unpaired) electrons. The van der Waals surface area contributed by atoms with Crippen LogP contribution in [-0.4, -0.2) is 34.7 Å². The summed E-state index contributed by atoms with van der Waals surface area (Å²) in [7, 11) is 1.82. The van der Waals surface area contributed by atoms with Crippen LogP contribution in [0.15, 0.2) is 35.6 Å². The van der Waals surface area contributed by atoms with Gasteiger partial charge in [0, 0.05) is 25.7 Å². The standard InChI is InChI=1S/C19H28N6/c1-20-19(21-11-5-9-15-6-2-3-7-15)22-13-16-8-4-10-17(12-16)18-23-14-24-25-18/h4,8,10,12,14-15H,2-3,5-7,9,11,13H2,1H3,(H2,20,21,22)(H,23,24,25). The van der Waals surface area contributed by atoms with Crippen LogP contribution in [0.4, 0.5) is 0 Å². The molecule has 0 unspecified atom stereocenters. The molecule has 1 heterocycles. The first-order chi connectivity index (χ1) is 12.3. The van der Waals surface area contributed by atoms with E-state index >= 15 is 0 Å². The van der Waals surface area contributed by atoms with Crippen molar-refractivity contribution in [2.24, 2.45) is 10.9 Å². The lowest BCUT2D eigenvalue weighted by Crippen LogP contribution is -2.37. The zero-order chi connectivity index (χ0) is 17.3. The third kappa shape index (κ3) is 5.31. The SMILES string of the molecule is CN=C(NCCCC1CCCC1)NCc1cccc(-c2ncn[nH]2)c1. The number of guanidine groups is 1. The first kappa shape index (κ1) is 17.5. The summed E-state index contributed by atoms with van der Waals surface area (Å²) in [5, 5.41) is 13.6. The van der Waals surface area contributed by atoms with Crippen LogP contribution in [0.2, 0.25) is 0 Å². The van der Waals surface area contributed by atoms with Crippen molar-refractivity contribution < 1.29 is 0 Å². The highest BCUT2D eigenvalue weighted by molar-refractivity contribution is 5.79. The molecule has 1 saturated carbocycles. The second kappa shape index (κ2) is 9.20. The van der Waals surface area contributed by atoms with Crippen LogP contribution in [0, 0.1) is 5.92 Å². The smallest absolute Gasteiger partial charge is 0.191 e. The minimum atomic E-state index is 0.726. The fourth-order valence-electron chi connectivity index (χ4n) is 3.48. The fourth-order valence-corrected chi connectivity index (χ4v) is 3.48. The summed E-state index contributed by atoms with van der Waals surface area (Å²) in [6.45, 7) is 1.71. The van der Waals surface area contributed by atoms with E-state index in [2.05, 4.69) is 42.9 Å². The van der Waals surface area contributed by atoms with Gasteiger partial charge < -0.3 is 10.6 Å². The van der Waals surface area contributed by atoms with E-state index in [9.17, 15) is 0 Å². The van der Waals surface area contributed by atoms with Crippen molar-refractivity contribution in [3.8, 4) is 11.4 Å². The lowest BCUT2D eigenvalue weighted by Gasteiger charge is -2.13. The second-order valence-electron chi connectivity index (χ2n) is 6.68. The molecule has 0 amide bonds. The minimum absolute atomic E-state index is 0.726. The van der Waals surface area contributed by atoms with E-state index in [0.29, 0.717) is 0 Å². The summed E-state index contributed by atoms with van der Waals surface area (Å²) < 4.78 is 0. The number of hydrogen-bond acceptors (Lipinski definition) is 3. The Hall–Kier alpha value is -2.37. The van der Waals surface area contributed by atoms with Gasteiger partial charge in [-0.05, 0) is 30.4 Å². The molecule has 0 spiro atoms. The topological polar surface area (TPSA) is 78.0 Å². The van der Waals surface area contributed by atoms with Crippen molar-refractivity contribution >= 4 is 5.96 Å². The molecule has 134 valence electrons. The van der Waals surface area contributed by atoms with Crippen molar-refractivity contribution in [1.82, 2.24) is 25.8 Å². The van der Waals surface area contributed by atoms with Gasteiger partial charge >= 0.3 is 0 Å². The maximum absolute atomic E-state index is 4.31. The van der Waals surface area contributed by atoms with Crippen LogP contribution in [0.1, 0.15) is 44.1 Å². The minimum Gasteiger partial charge on any atom is -0.356 e. The Morgan fingerprint density at radius 3 is 2.92 bits per heavy atom. The molecule has 0 aliphatic heterocycles. The number of nitrogens with one attached hydrogen (secondary N) is 3. The fraction of sp³-hybridized carbons (Fsp3) is 0.526. The first-order valence-corrected chi connectivity index (χ1v) is 9.24. The van der Waals surface area contributed by atoms with Gasteiger partial charge in [0.25, 0.3) is 0 Å². The highest BCUT2D eigenvalue weighted by Crippen LogP contribution is 2.28. The lowest BCUT2D eigenvalue weighted by molar-refractivity contribution is 0.481. The maximum atomic E-state index is 4.31. The lowest BCUT2D eigenvalue weighted by atomic mass is 10.0. The van der Waals surface area contributed by atoms with Gasteiger partial charge in [-0.15, -0.1) is 0 Å². The van der Waals surface area contributed by atoms with Crippen molar-refractivity contribution in [3.05, 3.63) is 36.2 Å². The number of nitrogens with zero attached hydrogens (tertiary/aromatic N) is 3. The van der Waals surface area contributed by atoms with Gasteiger partial charge in [-0.2, -0.15) is 5.10 Å². The Labute approximate surface area is 149 Å². The molecular weight excluding hydrogens is 312 g/mol. The van der Waals surface area contributed by atoms with Gasteiger partial charge in [-0.1, -0.05) is 43.9 Å². The van der Waals surface area contributed by atoms with Gasteiger partial charge in [0.05, 0.1) is 0 Å². The molecule has 6 nitrogen and oxygen atoms in total. The third-order valence-electron chi connectivity index (χ3n) is 4.86. The Morgan fingerprint density at radius 1 is 1.28 bits per heavy atom. The molecule has 1 fully saturated rings. The quantitative estimate of drug-likeness (QED) is 0.411. The summed E-state index contributed by atoms with van der Waals surface area (Å²) in [6.07, 6.45) is 9.78. The van der Waals surface area contributed by atoms with Crippen LogP contribution in [0.5, 0.6) is 0 Å². The Bertz CT molecular complexity index is 658. The summed E-state index contributed by atoms with van der Waals surface area (Å²) in [6, 6.07) is 8.27. The molecular formula is C19H28N6. The zero-order valence-corrected chi connectivity index (χ0v) is 15.0. The maximum Gasteiger partial charge on any atom is 0.191 e. The van der Waals surface area contributed by atoms with Crippen LogP contribution in [0.25, 0.3) is 11.4 Å². The van der Waals surface area contributed by atoms with Crippen molar-refractivity contribution in [3.63, 3.8) is 0 Å². The predicted molar refractivity (Wildman–Crippen MR) is 101 cm³/mol. The molecule has 3 N–H and O–H groups in total. The summed E-state index contributed by atoms with van der Waals surface area (Å²) in [5.41, 5.74) is 2.22. The molecule has 0 atom stereocenters. The number of rotatable bonds is 7. The van der Waals surface area contributed by atoms with E-state index in [0.717, 1.165) is 36.4 Å². The molecule has 0 bridgehead atoms. The van der Waals surface area contributed by atoms with Gasteiger partial charge in [0.15, 0.2) is 11.8 Å². The van der Waals surface area contributed by atoms with Gasteiger partial charge in [0.1, 0.15) is 6.33 Å². The molecule has 6 heteroatoms. The third-order valence-corrected chi connectivity index (χ3v) is 4.86. The van der Waals surface area contributed by atoms with E-state index in [-0.39, 0.29) is 0 Å². The monoisotopic (exact) mass is 340 g/mol. The van der Waals surface area contributed by atoms with Gasteiger partial charge in [-0.3, -0.25) is 10.1 Å². The molecule has 1 aromatic heterocycles. The Balaban J connectivity index is 1.42. The van der Waals surface area contributed by atoms with Crippen molar-refractivity contribution in [2.75, 3.05) is 13.6 Å². The molecule has 1 aliphatic carbocycles. The first-order valence-electron chi connectivity index (χ1n) is 9.24. The van der Waals surface area contributed by atoms with Crippen molar-refractivity contribution in [1.29, 1.82) is 0 Å². The van der Waals surface area contributed by atoms with Crippen LogP contribution >= 0.6 is 0 Å². The average molecular weight is 340 g/mol. The van der Waals surface area contributed by atoms with E-state index in [1.54, 1.807) is 0 Å². The van der Waals surface area contributed by atoms with E-state index < -0.39 is 0 Å². The molecule has 1 aromatic carbocycles. The highest BCUT2D eigenvalue weighted by atomic mass is 15.2. The number of aromatic nitrogens is 3.